The average Bonchev–Trinajstić information content (AvgIpc) is 3.67. The van der Waals surface area contributed by atoms with Gasteiger partial charge in [0.2, 0.25) is 6.79 Å². The number of methoxy groups -OCH3 is 1. The molecule has 1 amide bonds. The molecule has 0 aliphatic carbocycles. The van der Waals surface area contributed by atoms with Crippen LogP contribution in [0.15, 0.2) is 118 Å². The van der Waals surface area contributed by atoms with E-state index in [0.29, 0.717) is 50.1 Å². The van der Waals surface area contributed by atoms with Gasteiger partial charge in [0.15, 0.2) is 16.3 Å². The Bertz CT molecular complexity index is 2140. The second-order valence-electron chi connectivity index (χ2n) is 10.7. The molecule has 0 saturated carbocycles. The Kier molecular flexibility index (Phi) is 7.86. The van der Waals surface area contributed by atoms with Crippen LogP contribution in [0.25, 0.3) is 6.08 Å². The van der Waals surface area contributed by atoms with E-state index >= 15 is 0 Å². The maximum Gasteiger partial charge on any atom is 0.271 e. The van der Waals surface area contributed by atoms with Crippen molar-refractivity contribution in [2.24, 2.45) is 4.99 Å². The van der Waals surface area contributed by atoms with Gasteiger partial charge in [0.05, 0.1) is 29.0 Å². The highest BCUT2D eigenvalue weighted by atomic mass is 32.1. The first-order chi connectivity index (χ1) is 22.5. The second-order valence-corrected chi connectivity index (χ2v) is 11.7. The lowest BCUT2D eigenvalue weighted by atomic mass is 9.95. The van der Waals surface area contributed by atoms with Crippen LogP contribution in [0.3, 0.4) is 0 Å². The van der Waals surface area contributed by atoms with Crippen LogP contribution in [0.5, 0.6) is 23.0 Å². The van der Waals surface area contributed by atoms with Crippen molar-refractivity contribution < 1.29 is 23.7 Å². The molecule has 0 bridgehead atoms. The number of hydrogen-bond donors (Lipinski definition) is 1. The molecular formula is C36H29N3O6S. The van der Waals surface area contributed by atoms with E-state index < -0.39 is 6.04 Å². The zero-order valence-corrected chi connectivity index (χ0v) is 25.9. The van der Waals surface area contributed by atoms with Crippen molar-refractivity contribution in [2.75, 3.05) is 19.2 Å². The molecule has 230 valence electrons. The molecule has 2 aliphatic heterocycles. The predicted molar refractivity (Wildman–Crippen MR) is 175 cm³/mol. The number of benzene rings is 4. The Morgan fingerprint density at radius 3 is 2.48 bits per heavy atom. The molecule has 46 heavy (non-hydrogen) atoms. The summed E-state index contributed by atoms with van der Waals surface area (Å²) >= 11 is 1.29. The monoisotopic (exact) mass is 631 g/mol. The standard InChI is InChI=1S/C36H29N3O6S/c1-22-32(34(40)38-26-6-4-3-5-7-26)33(25-11-15-27(42-2)16-12-25)39-35(41)31(46-36(39)37-22)19-23-8-13-28(14-9-23)43-20-24-10-17-29-30(18-24)45-21-44-29/h3-19,33H,20-21H2,1-2H3,(H,38,40)/b31-19+/t33-/m0/s1. The van der Waals surface area contributed by atoms with Gasteiger partial charge >= 0.3 is 0 Å². The summed E-state index contributed by atoms with van der Waals surface area (Å²) < 4.78 is 24.3. The summed E-state index contributed by atoms with van der Waals surface area (Å²) in [5.41, 5.74) is 3.94. The van der Waals surface area contributed by atoms with E-state index in [2.05, 4.69) is 5.32 Å². The largest absolute Gasteiger partial charge is 0.497 e. The number of aromatic nitrogens is 1. The third-order valence-corrected chi connectivity index (χ3v) is 8.73. The van der Waals surface area contributed by atoms with Gasteiger partial charge in [-0.1, -0.05) is 59.9 Å². The SMILES string of the molecule is COc1ccc([C@H]2C(C(=O)Nc3ccccc3)=C(C)N=c3s/c(=C/c4ccc(OCc5ccc6c(c5)OCO6)cc4)c(=O)n32)cc1. The van der Waals surface area contributed by atoms with E-state index in [1.54, 1.807) is 18.6 Å². The number of allylic oxidation sites excluding steroid dienone is 1. The van der Waals surface area contributed by atoms with Gasteiger partial charge in [-0.15, -0.1) is 0 Å². The van der Waals surface area contributed by atoms with Crippen molar-refractivity contribution in [1.29, 1.82) is 0 Å². The molecule has 10 heteroatoms. The first-order valence-corrected chi connectivity index (χ1v) is 15.4. The van der Waals surface area contributed by atoms with Crippen molar-refractivity contribution in [1.82, 2.24) is 4.57 Å². The zero-order valence-electron chi connectivity index (χ0n) is 25.1. The molecule has 1 N–H and O–H groups in total. The number of anilines is 1. The molecular weight excluding hydrogens is 602 g/mol. The van der Waals surface area contributed by atoms with Gasteiger partial charge in [0, 0.05) is 5.69 Å². The molecule has 0 saturated heterocycles. The minimum Gasteiger partial charge on any atom is -0.497 e. The van der Waals surface area contributed by atoms with Crippen LogP contribution in [0.1, 0.15) is 29.7 Å². The van der Waals surface area contributed by atoms with Crippen molar-refractivity contribution in [3.63, 3.8) is 0 Å². The molecule has 1 aromatic heterocycles. The molecule has 4 aromatic carbocycles. The number of carbonyl (C=O) groups excluding carboxylic acids is 1. The number of hydrogen-bond acceptors (Lipinski definition) is 8. The number of nitrogens with zero attached hydrogens (tertiary/aromatic N) is 2. The van der Waals surface area contributed by atoms with Crippen molar-refractivity contribution in [3.8, 4) is 23.0 Å². The molecule has 2 aliphatic rings. The molecule has 9 nitrogen and oxygen atoms in total. The summed E-state index contributed by atoms with van der Waals surface area (Å²) in [6, 6.07) is 29.2. The zero-order chi connectivity index (χ0) is 31.6. The number of carbonyl (C=O) groups is 1. The van der Waals surface area contributed by atoms with Crippen LogP contribution in [0, 0.1) is 0 Å². The fourth-order valence-electron chi connectivity index (χ4n) is 5.44. The molecule has 7 rings (SSSR count). The number of amides is 1. The van der Waals surface area contributed by atoms with Gasteiger partial charge in [-0.3, -0.25) is 14.2 Å². The fourth-order valence-corrected chi connectivity index (χ4v) is 6.49. The predicted octanol–water partition coefficient (Wildman–Crippen LogP) is 5.19. The Labute approximate surface area is 268 Å². The number of fused-ring (bicyclic) bond motifs is 2. The fraction of sp³-hybridized carbons (Fsp3) is 0.139. The average molecular weight is 632 g/mol. The lowest BCUT2D eigenvalue weighted by Crippen LogP contribution is -2.40. The van der Waals surface area contributed by atoms with E-state index in [4.69, 9.17) is 23.9 Å². The summed E-state index contributed by atoms with van der Waals surface area (Å²) in [7, 11) is 1.60. The van der Waals surface area contributed by atoms with Crippen LogP contribution in [0.4, 0.5) is 5.69 Å². The summed E-state index contributed by atoms with van der Waals surface area (Å²) in [6.45, 7) is 2.40. The normalized spacial score (nSPS) is 15.3. The topological polar surface area (TPSA) is 100 Å². The highest BCUT2D eigenvalue weighted by molar-refractivity contribution is 7.07. The van der Waals surface area contributed by atoms with Gasteiger partial charge in [-0.25, -0.2) is 4.99 Å². The van der Waals surface area contributed by atoms with E-state index in [9.17, 15) is 9.59 Å². The van der Waals surface area contributed by atoms with Crippen molar-refractivity contribution in [2.45, 2.75) is 19.6 Å². The number of para-hydroxylation sites is 1. The Hall–Kier alpha value is -5.61. The van der Waals surface area contributed by atoms with E-state index in [1.807, 2.05) is 103 Å². The van der Waals surface area contributed by atoms with Gasteiger partial charge in [0.25, 0.3) is 11.5 Å². The van der Waals surface area contributed by atoms with E-state index in [1.165, 1.54) is 11.3 Å². The van der Waals surface area contributed by atoms with Gasteiger partial charge in [-0.05, 0) is 78.2 Å². The third-order valence-electron chi connectivity index (χ3n) is 7.75. The van der Waals surface area contributed by atoms with Crippen LogP contribution in [-0.4, -0.2) is 24.4 Å². The third kappa shape index (κ3) is 5.78. The van der Waals surface area contributed by atoms with Gasteiger partial charge in [-0.2, -0.15) is 0 Å². The van der Waals surface area contributed by atoms with Gasteiger partial charge in [0.1, 0.15) is 18.1 Å². The Morgan fingerprint density at radius 2 is 1.72 bits per heavy atom. The number of nitrogens with one attached hydrogen (secondary N) is 1. The molecule has 0 radical (unpaired) electrons. The first kappa shape index (κ1) is 29.1. The molecule has 0 fully saturated rings. The Balaban J connectivity index is 1.19. The molecule has 5 aromatic rings. The minimum atomic E-state index is -0.681. The minimum absolute atomic E-state index is 0.228. The van der Waals surface area contributed by atoms with E-state index in [-0.39, 0.29) is 18.3 Å². The molecule has 0 unspecified atom stereocenters. The highest BCUT2D eigenvalue weighted by Gasteiger charge is 2.32. The maximum atomic E-state index is 14.0. The van der Waals surface area contributed by atoms with Crippen molar-refractivity contribution >= 4 is 29.0 Å². The number of ether oxygens (including phenoxy) is 4. The highest BCUT2D eigenvalue weighted by Crippen LogP contribution is 2.33. The van der Waals surface area contributed by atoms with Crippen LogP contribution >= 0.6 is 11.3 Å². The second kappa shape index (κ2) is 12.4. The summed E-state index contributed by atoms with van der Waals surface area (Å²) in [5, 5.41) is 2.97. The molecule has 1 atom stereocenters. The van der Waals surface area contributed by atoms with E-state index in [0.717, 1.165) is 22.4 Å². The summed E-state index contributed by atoms with van der Waals surface area (Å²) in [5.74, 6) is 2.50. The first-order valence-electron chi connectivity index (χ1n) is 14.6. The Morgan fingerprint density at radius 1 is 0.978 bits per heavy atom. The summed E-state index contributed by atoms with van der Waals surface area (Å²) in [6.07, 6.45) is 1.83. The molecule has 3 heterocycles. The van der Waals surface area contributed by atoms with Crippen molar-refractivity contribution in [3.05, 3.63) is 145 Å². The lowest BCUT2D eigenvalue weighted by Gasteiger charge is -2.25. The lowest BCUT2D eigenvalue weighted by molar-refractivity contribution is -0.113. The van der Waals surface area contributed by atoms with Crippen LogP contribution < -0.4 is 39.2 Å². The molecule has 0 spiro atoms. The maximum absolute atomic E-state index is 14.0. The van der Waals surface area contributed by atoms with Crippen LogP contribution in [-0.2, 0) is 11.4 Å². The number of thiazole rings is 1. The number of rotatable bonds is 8. The quantitative estimate of drug-likeness (QED) is 0.253. The van der Waals surface area contributed by atoms with Gasteiger partial charge < -0.3 is 24.3 Å². The smallest absolute Gasteiger partial charge is 0.271 e. The van der Waals surface area contributed by atoms with Crippen LogP contribution in [0.2, 0.25) is 0 Å². The summed E-state index contributed by atoms with van der Waals surface area (Å²) in [4.78, 5) is 33.0.